The topological polar surface area (TPSA) is 56.0 Å². The van der Waals surface area contributed by atoms with Gasteiger partial charge in [-0.05, 0) is 11.6 Å². The number of carbonyl (C=O) groups excluding carboxylic acids is 1. The molecule has 1 unspecified atom stereocenters. The van der Waals surface area contributed by atoms with Gasteiger partial charge in [-0.3, -0.25) is 0 Å². The first-order valence-corrected chi connectivity index (χ1v) is 3.40. The third-order valence-corrected chi connectivity index (χ3v) is 1.54. The molecule has 0 aliphatic rings. The van der Waals surface area contributed by atoms with E-state index in [4.69, 9.17) is 5.73 Å². The van der Waals surface area contributed by atoms with Crippen molar-refractivity contribution in [2.75, 3.05) is 5.73 Å². The number of carbonyl (C=O) groups is 1. The van der Waals surface area contributed by atoms with Crippen LogP contribution in [-0.2, 0) is 4.79 Å². The first-order chi connectivity index (χ1) is 5.24. The van der Waals surface area contributed by atoms with E-state index in [1.807, 2.05) is 6.92 Å². The van der Waals surface area contributed by atoms with Gasteiger partial charge in [-0.1, -0.05) is 13.0 Å². The summed E-state index contributed by atoms with van der Waals surface area (Å²) in [7, 11) is 0. The van der Waals surface area contributed by atoms with Gasteiger partial charge >= 0.3 is 0 Å². The van der Waals surface area contributed by atoms with Crippen LogP contribution in [0.25, 0.3) is 0 Å². The zero-order valence-corrected chi connectivity index (χ0v) is 6.32. The Balaban J connectivity index is 2.89. The Bertz CT molecular complexity index is 243. The first kappa shape index (κ1) is 7.72. The maximum Gasteiger partial charge on any atom is 0.127 e. The van der Waals surface area contributed by atoms with Gasteiger partial charge in [0.15, 0.2) is 0 Å². The van der Waals surface area contributed by atoms with E-state index in [-0.39, 0.29) is 5.92 Å². The number of hydrogen-bond acceptors (Lipinski definition) is 3. The fourth-order valence-electron chi connectivity index (χ4n) is 0.765. The van der Waals surface area contributed by atoms with Crippen LogP contribution in [0.4, 0.5) is 5.82 Å². The highest BCUT2D eigenvalue weighted by Gasteiger charge is 2.02. The van der Waals surface area contributed by atoms with Crippen LogP contribution in [0.3, 0.4) is 0 Å². The van der Waals surface area contributed by atoms with Gasteiger partial charge in [0.1, 0.15) is 12.1 Å². The molecule has 1 rings (SSSR count). The number of nitrogens with two attached hydrogens (primary N) is 1. The van der Waals surface area contributed by atoms with Crippen LogP contribution >= 0.6 is 0 Å². The third-order valence-electron chi connectivity index (χ3n) is 1.54. The second-order valence-electron chi connectivity index (χ2n) is 2.44. The van der Waals surface area contributed by atoms with Crippen molar-refractivity contribution in [1.29, 1.82) is 0 Å². The molecule has 2 N–H and O–H groups in total. The number of rotatable bonds is 2. The molecule has 0 radical (unpaired) electrons. The van der Waals surface area contributed by atoms with E-state index in [1.54, 1.807) is 18.3 Å². The third kappa shape index (κ3) is 1.77. The molecule has 11 heavy (non-hydrogen) atoms. The molecule has 1 atom stereocenters. The van der Waals surface area contributed by atoms with Crippen LogP contribution in [0.2, 0.25) is 0 Å². The van der Waals surface area contributed by atoms with Crippen LogP contribution in [-0.4, -0.2) is 11.3 Å². The lowest BCUT2D eigenvalue weighted by molar-refractivity contribution is -0.108. The summed E-state index contributed by atoms with van der Waals surface area (Å²) in [5, 5.41) is 0. The van der Waals surface area contributed by atoms with E-state index in [9.17, 15) is 4.79 Å². The molecular weight excluding hydrogens is 140 g/mol. The van der Waals surface area contributed by atoms with Crippen LogP contribution in [0, 0.1) is 0 Å². The minimum atomic E-state index is -0.0944. The molecule has 3 heteroatoms. The molecule has 3 nitrogen and oxygen atoms in total. The van der Waals surface area contributed by atoms with Gasteiger partial charge in [0.2, 0.25) is 0 Å². The van der Waals surface area contributed by atoms with E-state index in [1.165, 1.54) is 0 Å². The number of hydrogen-bond donors (Lipinski definition) is 1. The molecule has 58 valence electrons. The van der Waals surface area contributed by atoms with Crippen molar-refractivity contribution >= 4 is 12.1 Å². The lowest BCUT2D eigenvalue weighted by Crippen LogP contribution is -1.96. The van der Waals surface area contributed by atoms with Gasteiger partial charge in [-0.15, -0.1) is 0 Å². The number of pyridine rings is 1. The van der Waals surface area contributed by atoms with E-state index in [2.05, 4.69) is 4.98 Å². The minimum absolute atomic E-state index is 0.0944. The van der Waals surface area contributed by atoms with E-state index >= 15 is 0 Å². The molecular formula is C8H10N2O. The predicted molar refractivity (Wildman–Crippen MR) is 43.1 cm³/mol. The van der Waals surface area contributed by atoms with Crippen molar-refractivity contribution < 1.29 is 4.79 Å². The SMILES string of the molecule is CC(C=O)c1ccc(N)nc1. The summed E-state index contributed by atoms with van der Waals surface area (Å²) in [6.07, 6.45) is 2.50. The van der Waals surface area contributed by atoms with Crippen molar-refractivity contribution in [1.82, 2.24) is 4.98 Å². The summed E-state index contributed by atoms with van der Waals surface area (Å²) >= 11 is 0. The second-order valence-corrected chi connectivity index (χ2v) is 2.44. The molecule has 0 aromatic carbocycles. The molecule has 1 heterocycles. The molecule has 0 saturated heterocycles. The summed E-state index contributed by atoms with van der Waals surface area (Å²) < 4.78 is 0. The highest BCUT2D eigenvalue weighted by molar-refractivity contribution is 5.61. The Morgan fingerprint density at radius 1 is 1.64 bits per heavy atom. The average Bonchev–Trinajstić information content (AvgIpc) is 2.05. The van der Waals surface area contributed by atoms with Crippen molar-refractivity contribution in [3.63, 3.8) is 0 Å². The maximum absolute atomic E-state index is 10.3. The van der Waals surface area contributed by atoms with Crippen LogP contribution < -0.4 is 5.73 Å². The fraction of sp³-hybridized carbons (Fsp3) is 0.250. The zero-order chi connectivity index (χ0) is 8.27. The van der Waals surface area contributed by atoms with Gasteiger partial charge in [-0.25, -0.2) is 4.98 Å². The fourth-order valence-corrected chi connectivity index (χ4v) is 0.765. The minimum Gasteiger partial charge on any atom is -0.384 e. The van der Waals surface area contributed by atoms with Gasteiger partial charge in [0.25, 0.3) is 0 Å². The molecule has 0 bridgehead atoms. The number of aromatic nitrogens is 1. The average molecular weight is 150 g/mol. The smallest absolute Gasteiger partial charge is 0.127 e. The lowest BCUT2D eigenvalue weighted by Gasteiger charge is -2.01. The van der Waals surface area contributed by atoms with Crippen molar-refractivity contribution in [2.24, 2.45) is 0 Å². The molecule has 1 aromatic rings. The zero-order valence-electron chi connectivity index (χ0n) is 6.32. The Hall–Kier alpha value is -1.38. The van der Waals surface area contributed by atoms with Crippen LogP contribution in [0.5, 0.6) is 0 Å². The molecule has 1 aromatic heterocycles. The normalized spacial score (nSPS) is 12.5. The monoisotopic (exact) mass is 150 g/mol. The number of anilines is 1. The molecule has 0 aliphatic heterocycles. The van der Waals surface area contributed by atoms with Gasteiger partial charge < -0.3 is 10.5 Å². The van der Waals surface area contributed by atoms with Crippen molar-refractivity contribution in [3.8, 4) is 0 Å². The summed E-state index contributed by atoms with van der Waals surface area (Å²) in [5.74, 6) is 0.384. The van der Waals surface area contributed by atoms with Crippen LogP contribution in [0.15, 0.2) is 18.3 Å². The molecule has 0 aliphatic carbocycles. The van der Waals surface area contributed by atoms with E-state index in [0.29, 0.717) is 5.82 Å². The number of aldehydes is 1. The summed E-state index contributed by atoms with van der Waals surface area (Å²) in [5.41, 5.74) is 6.27. The Kier molecular flexibility index (Phi) is 2.21. The number of nitrogen functional groups attached to an aromatic ring is 1. The van der Waals surface area contributed by atoms with E-state index in [0.717, 1.165) is 11.8 Å². The lowest BCUT2D eigenvalue weighted by atomic mass is 10.1. The maximum atomic E-state index is 10.3. The molecule has 0 spiro atoms. The Morgan fingerprint density at radius 3 is 2.82 bits per heavy atom. The molecule has 0 fully saturated rings. The van der Waals surface area contributed by atoms with Crippen molar-refractivity contribution in [2.45, 2.75) is 12.8 Å². The first-order valence-electron chi connectivity index (χ1n) is 3.40. The highest BCUT2D eigenvalue weighted by atomic mass is 16.1. The number of nitrogens with zero attached hydrogens (tertiary/aromatic N) is 1. The summed E-state index contributed by atoms with van der Waals surface area (Å²) in [6, 6.07) is 3.50. The van der Waals surface area contributed by atoms with Gasteiger partial charge in [-0.2, -0.15) is 0 Å². The second kappa shape index (κ2) is 3.14. The predicted octanol–water partition coefficient (Wildman–Crippen LogP) is 0.966. The van der Waals surface area contributed by atoms with E-state index < -0.39 is 0 Å². The summed E-state index contributed by atoms with van der Waals surface area (Å²) in [4.78, 5) is 14.2. The van der Waals surface area contributed by atoms with Gasteiger partial charge in [0.05, 0.1) is 0 Å². The highest BCUT2D eigenvalue weighted by Crippen LogP contribution is 2.11. The quantitative estimate of drug-likeness (QED) is 0.639. The van der Waals surface area contributed by atoms with Gasteiger partial charge in [0, 0.05) is 12.1 Å². The molecule has 0 amide bonds. The van der Waals surface area contributed by atoms with Crippen molar-refractivity contribution in [3.05, 3.63) is 23.9 Å². The Morgan fingerprint density at radius 2 is 2.36 bits per heavy atom. The summed E-state index contributed by atoms with van der Waals surface area (Å²) in [6.45, 7) is 1.82. The molecule has 0 saturated carbocycles. The standard InChI is InChI=1S/C8H10N2O/c1-6(5-11)7-2-3-8(9)10-4-7/h2-6H,1H3,(H2,9,10). The van der Waals surface area contributed by atoms with Crippen LogP contribution in [0.1, 0.15) is 18.4 Å². The Labute approximate surface area is 65.2 Å². The largest absolute Gasteiger partial charge is 0.384 e.